The summed E-state index contributed by atoms with van der Waals surface area (Å²) in [6, 6.07) is 9.85. The SMILES string of the molecule is COC(=O)c1ccc(S(=O)(=O)Nc2cc(NC(C)=O)ccc2OC)cc1. The molecule has 0 aliphatic carbocycles. The largest absolute Gasteiger partial charge is 0.495 e. The number of benzene rings is 2. The van der Waals surface area contributed by atoms with E-state index < -0.39 is 16.0 Å². The van der Waals surface area contributed by atoms with Gasteiger partial charge in [-0.25, -0.2) is 13.2 Å². The molecule has 2 aromatic rings. The van der Waals surface area contributed by atoms with Crippen molar-refractivity contribution in [2.75, 3.05) is 24.3 Å². The van der Waals surface area contributed by atoms with Gasteiger partial charge >= 0.3 is 5.97 Å². The van der Waals surface area contributed by atoms with Gasteiger partial charge in [0, 0.05) is 12.6 Å². The number of sulfonamides is 1. The highest BCUT2D eigenvalue weighted by Gasteiger charge is 2.18. The molecular weight excluding hydrogens is 360 g/mol. The lowest BCUT2D eigenvalue weighted by Gasteiger charge is -2.14. The van der Waals surface area contributed by atoms with Crippen molar-refractivity contribution in [3.63, 3.8) is 0 Å². The number of carbonyl (C=O) groups is 2. The van der Waals surface area contributed by atoms with Gasteiger partial charge in [-0.15, -0.1) is 0 Å². The van der Waals surface area contributed by atoms with Crippen LogP contribution in [0.2, 0.25) is 0 Å². The van der Waals surface area contributed by atoms with E-state index in [0.717, 1.165) is 0 Å². The van der Waals surface area contributed by atoms with E-state index in [-0.39, 0.29) is 27.8 Å². The molecule has 2 rings (SSSR count). The molecule has 0 unspecified atom stereocenters. The van der Waals surface area contributed by atoms with Crippen LogP contribution in [0.15, 0.2) is 47.4 Å². The zero-order valence-electron chi connectivity index (χ0n) is 14.4. The van der Waals surface area contributed by atoms with E-state index in [2.05, 4.69) is 14.8 Å². The lowest BCUT2D eigenvalue weighted by molar-refractivity contribution is -0.114. The number of hydrogen-bond acceptors (Lipinski definition) is 6. The van der Waals surface area contributed by atoms with Crippen LogP contribution in [-0.4, -0.2) is 34.5 Å². The molecular formula is C17H18N2O6S. The second kappa shape index (κ2) is 7.87. The topological polar surface area (TPSA) is 111 Å². The summed E-state index contributed by atoms with van der Waals surface area (Å²) in [4.78, 5) is 22.6. The Morgan fingerprint density at radius 3 is 2.19 bits per heavy atom. The second-order valence-electron chi connectivity index (χ2n) is 5.22. The third-order valence-electron chi connectivity index (χ3n) is 3.35. The number of carbonyl (C=O) groups excluding carboxylic acids is 2. The van der Waals surface area contributed by atoms with E-state index in [1.54, 1.807) is 6.07 Å². The number of amides is 1. The molecule has 26 heavy (non-hydrogen) atoms. The van der Waals surface area contributed by atoms with Gasteiger partial charge in [0.25, 0.3) is 10.0 Å². The molecule has 9 heteroatoms. The molecule has 0 atom stereocenters. The van der Waals surface area contributed by atoms with E-state index >= 15 is 0 Å². The maximum absolute atomic E-state index is 12.6. The van der Waals surface area contributed by atoms with Crippen molar-refractivity contribution in [3.05, 3.63) is 48.0 Å². The van der Waals surface area contributed by atoms with Gasteiger partial charge < -0.3 is 14.8 Å². The number of methoxy groups -OCH3 is 2. The molecule has 2 N–H and O–H groups in total. The molecule has 0 aliphatic rings. The van der Waals surface area contributed by atoms with Crippen molar-refractivity contribution < 1.29 is 27.5 Å². The van der Waals surface area contributed by atoms with Crippen LogP contribution < -0.4 is 14.8 Å². The number of esters is 1. The Hall–Kier alpha value is -3.07. The predicted octanol–water partition coefficient (Wildman–Crippen LogP) is 2.24. The van der Waals surface area contributed by atoms with E-state index in [4.69, 9.17) is 4.74 Å². The zero-order chi connectivity index (χ0) is 19.3. The van der Waals surface area contributed by atoms with Crippen LogP contribution >= 0.6 is 0 Å². The average molecular weight is 378 g/mol. The van der Waals surface area contributed by atoms with Crippen LogP contribution in [-0.2, 0) is 19.6 Å². The summed E-state index contributed by atoms with van der Waals surface area (Å²) >= 11 is 0. The minimum absolute atomic E-state index is 0.0443. The maximum atomic E-state index is 12.6. The fourth-order valence-corrected chi connectivity index (χ4v) is 3.22. The van der Waals surface area contributed by atoms with E-state index in [1.807, 2.05) is 0 Å². The predicted molar refractivity (Wildman–Crippen MR) is 95.9 cm³/mol. The summed E-state index contributed by atoms with van der Waals surface area (Å²) in [5.74, 6) is -0.567. The van der Waals surface area contributed by atoms with E-state index in [9.17, 15) is 18.0 Å². The quantitative estimate of drug-likeness (QED) is 0.746. The van der Waals surface area contributed by atoms with Gasteiger partial charge in [-0.3, -0.25) is 9.52 Å². The summed E-state index contributed by atoms with van der Waals surface area (Å²) < 4.78 is 37.3. The van der Waals surface area contributed by atoms with Gasteiger partial charge in [0.1, 0.15) is 5.75 Å². The normalized spacial score (nSPS) is 10.7. The number of ether oxygens (including phenoxy) is 2. The molecule has 138 valence electrons. The van der Waals surface area contributed by atoms with E-state index in [1.165, 1.54) is 57.5 Å². The number of rotatable bonds is 6. The summed E-state index contributed by atoms with van der Waals surface area (Å²) in [6.07, 6.45) is 0. The fraction of sp³-hybridized carbons (Fsp3) is 0.176. The number of hydrogen-bond donors (Lipinski definition) is 2. The molecule has 2 aromatic carbocycles. The summed E-state index contributed by atoms with van der Waals surface area (Å²) in [5.41, 5.74) is 0.810. The smallest absolute Gasteiger partial charge is 0.337 e. The molecule has 0 saturated carbocycles. The monoisotopic (exact) mass is 378 g/mol. The molecule has 8 nitrogen and oxygen atoms in total. The molecule has 0 aliphatic heterocycles. The Balaban J connectivity index is 2.33. The molecule has 1 amide bonds. The van der Waals surface area contributed by atoms with Crippen LogP contribution in [0, 0.1) is 0 Å². The van der Waals surface area contributed by atoms with Crippen molar-refractivity contribution in [2.45, 2.75) is 11.8 Å². The number of nitrogens with one attached hydrogen (secondary N) is 2. The van der Waals surface area contributed by atoms with Crippen LogP contribution in [0.1, 0.15) is 17.3 Å². The fourth-order valence-electron chi connectivity index (χ4n) is 2.16. The lowest BCUT2D eigenvalue weighted by Crippen LogP contribution is -2.14. The van der Waals surface area contributed by atoms with Crippen molar-refractivity contribution in [1.29, 1.82) is 0 Å². The van der Waals surface area contributed by atoms with Crippen molar-refractivity contribution >= 4 is 33.3 Å². The first-order valence-corrected chi connectivity index (χ1v) is 8.92. The first kappa shape index (κ1) is 19.3. The Labute approximate surface area is 151 Å². The van der Waals surface area contributed by atoms with Gasteiger partial charge in [0.2, 0.25) is 5.91 Å². The van der Waals surface area contributed by atoms with Gasteiger partial charge in [-0.2, -0.15) is 0 Å². The van der Waals surface area contributed by atoms with E-state index in [0.29, 0.717) is 5.69 Å². The Morgan fingerprint density at radius 1 is 1.00 bits per heavy atom. The first-order valence-electron chi connectivity index (χ1n) is 7.43. The Morgan fingerprint density at radius 2 is 1.65 bits per heavy atom. The zero-order valence-corrected chi connectivity index (χ0v) is 15.2. The van der Waals surface area contributed by atoms with Crippen molar-refractivity contribution in [1.82, 2.24) is 0 Å². The summed E-state index contributed by atoms with van der Waals surface area (Å²) in [5, 5.41) is 2.57. The molecule has 0 spiro atoms. The van der Waals surface area contributed by atoms with Crippen LogP contribution in [0.4, 0.5) is 11.4 Å². The minimum atomic E-state index is -3.94. The summed E-state index contributed by atoms with van der Waals surface area (Å²) in [7, 11) is -1.30. The number of anilines is 2. The lowest BCUT2D eigenvalue weighted by atomic mass is 10.2. The summed E-state index contributed by atoms with van der Waals surface area (Å²) in [6.45, 7) is 1.34. The Bertz CT molecular complexity index is 923. The molecule has 0 aromatic heterocycles. The van der Waals surface area contributed by atoms with Crippen LogP contribution in [0.3, 0.4) is 0 Å². The second-order valence-corrected chi connectivity index (χ2v) is 6.90. The third-order valence-corrected chi connectivity index (χ3v) is 4.73. The van der Waals surface area contributed by atoms with Gasteiger partial charge in [0.15, 0.2) is 0 Å². The van der Waals surface area contributed by atoms with Gasteiger partial charge in [-0.1, -0.05) is 0 Å². The third kappa shape index (κ3) is 4.51. The molecule has 0 heterocycles. The maximum Gasteiger partial charge on any atom is 0.337 e. The Kier molecular flexibility index (Phi) is 5.83. The molecule has 0 fully saturated rings. The highest BCUT2D eigenvalue weighted by molar-refractivity contribution is 7.92. The molecule has 0 radical (unpaired) electrons. The first-order chi connectivity index (χ1) is 12.3. The van der Waals surface area contributed by atoms with Crippen LogP contribution in [0.5, 0.6) is 5.75 Å². The highest BCUT2D eigenvalue weighted by atomic mass is 32.2. The van der Waals surface area contributed by atoms with Crippen LogP contribution in [0.25, 0.3) is 0 Å². The highest BCUT2D eigenvalue weighted by Crippen LogP contribution is 2.30. The van der Waals surface area contributed by atoms with Crippen molar-refractivity contribution in [3.8, 4) is 5.75 Å². The van der Waals surface area contributed by atoms with Gasteiger partial charge in [0.05, 0.1) is 30.4 Å². The average Bonchev–Trinajstić information content (AvgIpc) is 2.60. The van der Waals surface area contributed by atoms with Gasteiger partial charge in [-0.05, 0) is 42.5 Å². The molecule has 0 bridgehead atoms. The standard InChI is InChI=1S/C17H18N2O6S/c1-11(20)18-13-6-9-16(24-2)15(10-13)19-26(22,23)14-7-4-12(5-8-14)17(21)25-3/h4-10,19H,1-3H3,(H,18,20). The van der Waals surface area contributed by atoms with Crippen molar-refractivity contribution in [2.24, 2.45) is 0 Å². The minimum Gasteiger partial charge on any atom is -0.495 e. The molecule has 0 saturated heterocycles.